The van der Waals surface area contributed by atoms with Gasteiger partial charge in [0.25, 0.3) is 0 Å². The van der Waals surface area contributed by atoms with Crippen LogP contribution in [0.1, 0.15) is 28.4 Å². The number of benzene rings is 2. The van der Waals surface area contributed by atoms with Gasteiger partial charge >= 0.3 is 0 Å². The Kier molecular flexibility index (Phi) is 2.78. The topological polar surface area (TPSA) is 26.3 Å². The summed E-state index contributed by atoms with van der Waals surface area (Å²) in [6.07, 6.45) is -0.768. The maximum atomic E-state index is 13.7. The standard InChI is InChI=1S/C15H10F2O2/c16-9-5-6-12(17)11(7-9)15-8-13(18)10-3-1-2-4-14(10)19-15/h1-7,15H,8H2. The van der Waals surface area contributed by atoms with Gasteiger partial charge in [0, 0.05) is 5.56 Å². The molecule has 2 nitrogen and oxygen atoms in total. The molecule has 0 fully saturated rings. The molecule has 1 aliphatic rings. The number of hydrogen-bond acceptors (Lipinski definition) is 2. The molecule has 0 radical (unpaired) electrons. The SMILES string of the molecule is O=C1CC(c2cc(F)ccc2F)Oc2ccccc21. The summed E-state index contributed by atoms with van der Waals surface area (Å²) in [6, 6.07) is 9.93. The molecule has 0 N–H and O–H groups in total. The molecular weight excluding hydrogens is 250 g/mol. The molecule has 1 aliphatic heterocycles. The van der Waals surface area contributed by atoms with Crippen molar-refractivity contribution >= 4 is 5.78 Å². The van der Waals surface area contributed by atoms with E-state index in [2.05, 4.69) is 0 Å². The molecule has 19 heavy (non-hydrogen) atoms. The molecule has 0 aliphatic carbocycles. The van der Waals surface area contributed by atoms with Gasteiger partial charge in [-0.2, -0.15) is 0 Å². The van der Waals surface area contributed by atoms with Crippen molar-refractivity contribution in [3.05, 3.63) is 65.2 Å². The summed E-state index contributed by atoms with van der Waals surface area (Å²) in [5.74, 6) is -0.840. The number of rotatable bonds is 1. The fourth-order valence-corrected chi connectivity index (χ4v) is 2.21. The first-order valence-corrected chi connectivity index (χ1v) is 5.89. The largest absolute Gasteiger partial charge is 0.484 e. The molecule has 0 saturated heterocycles. The van der Waals surface area contributed by atoms with Crippen molar-refractivity contribution in [3.8, 4) is 5.75 Å². The van der Waals surface area contributed by atoms with Crippen LogP contribution in [-0.4, -0.2) is 5.78 Å². The monoisotopic (exact) mass is 260 g/mol. The predicted octanol–water partition coefficient (Wildman–Crippen LogP) is 3.67. The van der Waals surface area contributed by atoms with Crippen molar-refractivity contribution in [1.29, 1.82) is 0 Å². The van der Waals surface area contributed by atoms with E-state index < -0.39 is 17.7 Å². The number of Topliss-reactive ketones (excluding diaryl/α,β-unsaturated/α-hetero) is 1. The third kappa shape index (κ3) is 2.10. The molecule has 0 saturated carbocycles. The zero-order valence-corrected chi connectivity index (χ0v) is 9.90. The number of hydrogen-bond donors (Lipinski definition) is 0. The van der Waals surface area contributed by atoms with Crippen molar-refractivity contribution in [2.75, 3.05) is 0 Å². The maximum Gasteiger partial charge on any atom is 0.170 e. The van der Waals surface area contributed by atoms with Crippen LogP contribution < -0.4 is 4.74 Å². The second-order valence-electron chi connectivity index (χ2n) is 4.40. The number of carbonyl (C=O) groups excluding carboxylic acids is 1. The van der Waals surface area contributed by atoms with E-state index in [0.717, 1.165) is 18.2 Å². The summed E-state index contributed by atoms with van der Waals surface area (Å²) >= 11 is 0. The van der Waals surface area contributed by atoms with Crippen LogP contribution in [0.2, 0.25) is 0 Å². The average Bonchev–Trinajstić information content (AvgIpc) is 2.41. The van der Waals surface area contributed by atoms with Crippen LogP contribution >= 0.6 is 0 Å². The molecule has 3 rings (SSSR count). The van der Waals surface area contributed by atoms with Crippen molar-refractivity contribution in [2.24, 2.45) is 0 Å². The Hall–Kier alpha value is -2.23. The Morgan fingerprint density at radius 1 is 1.11 bits per heavy atom. The number of ether oxygens (including phenoxy) is 1. The van der Waals surface area contributed by atoms with E-state index >= 15 is 0 Å². The molecular formula is C15H10F2O2. The first-order chi connectivity index (χ1) is 9.15. The molecule has 2 aromatic carbocycles. The molecule has 96 valence electrons. The minimum Gasteiger partial charge on any atom is -0.484 e. The highest BCUT2D eigenvalue weighted by Crippen LogP contribution is 2.35. The van der Waals surface area contributed by atoms with E-state index in [0.29, 0.717) is 11.3 Å². The van der Waals surface area contributed by atoms with E-state index in [1.807, 2.05) is 0 Å². The Balaban J connectivity index is 2.01. The molecule has 2 aromatic rings. The van der Waals surface area contributed by atoms with Crippen LogP contribution in [0.4, 0.5) is 8.78 Å². The van der Waals surface area contributed by atoms with Gasteiger partial charge in [-0.1, -0.05) is 12.1 Å². The molecule has 1 unspecified atom stereocenters. The lowest BCUT2D eigenvalue weighted by atomic mass is 9.96. The molecule has 0 bridgehead atoms. The van der Waals surface area contributed by atoms with Gasteiger partial charge in [0.2, 0.25) is 0 Å². The van der Waals surface area contributed by atoms with E-state index in [-0.39, 0.29) is 17.8 Å². The lowest BCUT2D eigenvalue weighted by Gasteiger charge is -2.25. The highest BCUT2D eigenvalue weighted by atomic mass is 19.1. The smallest absolute Gasteiger partial charge is 0.170 e. The zero-order chi connectivity index (χ0) is 13.4. The fourth-order valence-electron chi connectivity index (χ4n) is 2.21. The highest BCUT2D eigenvalue weighted by molar-refractivity contribution is 5.99. The minimum absolute atomic E-state index is 0.0113. The first kappa shape index (κ1) is 11.8. The molecule has 4 heteroatoms. The normalized spacial score (nSPS) is 17.8. The quantitative estimate of drug-likeness (QED) is 0.782. The summed E-state index contributed by atoms with van der Waals surface area (Å²) in [4.78, 5) is 12.0. The number of ketones is 1. The van der Waals surface area contributed by atoms with Crippen LogP contribution in [0.15, 0.2) is 42.5 Å². The van der Waals surface area contributed by atoms with Gasteiger partial charge in [-0.25, -0.2) is 8.78 Å². The number of fused-ring (bicyclic) bond motifs is 1. The molecule has 1 atom stereocenters. The summed E-state index contributed by atoms with van der Waals surface area (Å²) in [5.41, 5.74) is 0.554. The van der Waals surface area contributed by atoms with E-state index in [1.54, 1.807) is 24.3 Å². The van der Waals surface area contributed by atoms with E-state index in [9.17, 15) is 13.6 Å². The summed E-state index contributed by atoms with van der Waals surface area (Å²) < 4.78 is 32.5. The van der Waals surface area contributed by atoms with Crippen LogP contribution in [0.25, 0.3) is 0 Å². The number of para-hydroxylation sites is 1. The summed E-state index contributed by atoms with van der Waals surface area (Å²) in [6.45, 7) is 0. The Morgan fingerprint density at radius 2 is 1.89 bits per heavy atom. The molecule has 1 heterocycles. The first-order valence-electron chi connectivity index (χ1n) is 5.89. The molecule has 0 aromatic heterocycles. The van der Waals surface area contributed by atoms with Crippen LogP contribution in [0.5, 0.6) is 5.75 Å². The van der Waals surface area contributed by atoms with Crippen LogP contribution in [0.3, 0.4) is 0 Å². The van der Waals surface area contributed by atoms with Crippen molar-refractivity contribution < 1.29 is 18.3 Å². The van der Waals surface area contributed by atoms with E-state index in [1.165, 1.54) is 0 Å². The average molecular weight is 260 g/mol. The molecule has 0 spiro atoms. The van der Waals surface area contributed by atoms with Crippen molar-refractivity contribution in [2.45, 2.75) is 12.5 Å². The third-order valence-electron chi connectivity index (χ3n) is 3.13. The lowest BCUT2D eigenvalue weighted by molar-refractivity contribution is 0.0845. The van der Waals surface area contributed by atoms with Gasteiger partial charge in [-0.3, -0.25) is 4.79 Å². The lowest BCUT2D eigenvalue weighted by Crippen LogP contribution is -2.21. The maximum absolute atomic E-state index is 13.7. The Morgan fingerprint density at radius 3 is 2.74 bits per heavy atom. The van der Waals surface area contributed by atoms with Gasteiger partial charge in [-0.15, -0.1) is 0 Å². The van der Waals surface area contributed by atoms with Gasteiger partial charge in [0.05, 0.1) is 12.0 Å². The second kappa shape index (κ2) is 4.46. The highest BCUT2D eigenvalue weighted by Gasteiger charge is 2.29. The number of carbonyl (C=O) groups is 1. The van der Waals surface area contributed by atoms with Gasteiger partial charge in [0.1, 0.15) is 23.5 Å². The van der Waals surface area contributed by atoms with Crippen molar-refractivity contribution in [1.82, 2.24) is 0 Å². The zero-order valence-electron chi connectivity index (χ0n) is 9.90. The van der Waals surface area contributed by atoms with Crippen LogP contribution in [-0.2, 0) is 0 Å². The Labute approximate surface area is 108 Å². The molecule has 0 amide bonds. The summed E-state index contributed by atoms with van der Waals surface area (Å²) in [7, 11) is 0. The number of halogens is 2. The fraction of sp³-hybridized carbons (Fsp3) is 0.133. The summed E-state index contributed by atoms with van der Waals surface area (Å²) in [5, 5.41) is 0. The minimum atomic E-state index is -0.780. The van der Waals surface area contributed by atoms with Gasteiger partial charge in [0.15, 0.2) is 5.78 Å². The Bertz CT molecular complexity index is 652. The van der Waals surface area contributed by atoms with Crippen molar-refractivity contribution in [3.63, 3.8) is 0 Å². The van der Waals surface area contributed by atoms with Crippen LogP contribution in [0, 0.1) is 11.6 Å². The van der Waals surface area contributed by atoms with Gasteiger partial charge < -0.3 is 4.74 Å². The second-order valence-corrected chi connectivity index (χ2v) is 4.40. The third-order valence-corrected chi connectivity index (χ3v) is 3.13. The predicted molar refractivity (Wildman–Crippen MR) is 65.1 cm³/mol. The van der Waals surface area contributed by atoms with Gasteiger partial charge in [-0.05, 0) is 30.3 Å². The van der Waals surface area contributed by atoms with E-state index in [4.69, 9.17) is 4.74 Å².